The minimum absolute atomic E-state index is 0.0640. The molecule has 0 aliphatic carbocycles. The molecule has 0 aliphatic rings. The first kappa shape index (κ1) is 28.4. The third-order valence-electron chi connectivity index (χ3n) is 6.18. The van der Waals surface area contributed by atoms with Crippen molar-refractivity contribution in [1.82, 2.24) is 9.62 Å². The number of rotatable bonds is 12. The average molecular weight is 568 g/mol. The van der Waals surface area contributed by atoms with Gasteiger partial charge in [-0.15, -0.1) is 11.3 Å². The van der Waals surface area contributed by atoms with Crippen LogP contribution in [0.1, 0.15) is 16.7 Å². The molecule has 0 unspecified atom stereocenters. The molecule has 4 aromatic rings. The number of carbonyl (C=O) groups excluding carboxylic acids is 1. The summed E-state index contributed by atoms with van der Waals surface area (Å²) < 4.78 is 47.9. The molecule has 4 rings (SSSR count). The largest absolute Gasteiger partial charge is 0.496 e. The van der Waals surface area contributed by atoms with E-state index in [0.29, 0.717) is 29.2 Å². The number of nitrogens with zero attached hydrogens (tertiary/aromatic N) is 1. The highest BCUT2D eigenvalue weighted by Gasteiger charge is 2.28. The van der Waals surface area contributed by atoms with Crippen LogP contribution in [0.4, 0.5) is 4.39 Å². The Bertz CT molecular complexity index is 1520. The summed E-state index contributed by atoms with van der Waals surface area (Å²) >= 11 is 1.04. The van der Waals surface area contributed by atoms with Crippen LogP contribution in [0.3, 0.4) is 0 Å². The maximum Gasteiger partial charge on any atom is 0.253 e. The Hall–Kier alpha value is -3.57. The summed E-state index contributed by atoms with van der Waals surface area (Å²) in [5.41, 5.74) is 8.91. The lowest BCUT2D eigenvalue weighted by Gasteiger charge is -2.21. The molecular formula is C29H30FN3O4S2. The second-order valence-electron chi connectivity index (χ2n) is 8.83. The lowest BCUT2D eigenvalue weighted by atomic mass is 10.1. The Balaban J connectivity index is 1.54. The van der Waals surface area contributed by atoms with E-state index in [1.165, 1.54) is 22.5 Å². The number of halogens is 1. The Labute approximate surface area is 232 Å². The van der Waals surface area contributed by atoms with Gasteiger partial charge in [0.25, 0.3) is 10.0 Å². The van der Waals surface area contributed by atoms with Crippen LogP contribution >= 0.6 is 11.3 Å². The van der Waals surface area contributed by atoms with Crippen LogP contribution in [-0.4, -0.2) is 38.8 Å². The molecule has 1 amide bonds. The topological polar surface area (TPSA) is 102 Å². The number of hydrogen-bond donors (Lipinski definition) is 2. The Morgan fingerprint density at radius 2 is 1.74 bits per heavy atom. The molecular weight excluding hydrogens is 537 g/mol. The SMILES string of the molecule is COc1ccccc1CCN(CC(=O)NCc1ccc(CN)cc1)S(=O)(=O)c1ccc(-c2cccc(F)c2)s1. The fourth-order valence-corrected chi connectivity index (χ4v) is 6.89. The molecule has 0 aliphatic heterocycles. The molecule has 39 heavy (non-hydrogen) atoms. The number of carbonyl (C=O) groups is 1. The minimum Gasteiger partial charge on any atom is -0.496 e. The van der Waals surface area contributed by atoms with Crippen LogP contribution in [0, 0.1) is 5.82 Å². The Kier molecular flexibility index (Phi) is 9.47. The van der Waals surface area contributed by atoms with Crippen molar-refractivity contribution in [2.24, 2.45) is 5.73 Å². The van der Waals surface area contributed by atoms with Crippen molar-refractivity contribution in [1.29, 1.82) is 0 Å². The van der Waals surface area contributed by atoms with Crippen molar-refractivity contribution < 1.29 is 22.3 Å². The quantitative estimate of drug-likeness (QED) is 0.261. The molecule has 0 saturated carbocycles. The van der Waals surface area contributed by atoms with Crippen LogP contribution in [0.5, 0.6) is 5.75 Å². The zero-order chi connectivity index (χ0) is 27.8. The van der Waals surface area contributed by atoms with E-state index in [-0.39, 0.29) is 23.8 Å². The number of hydrogen-bond acceptors (Lipinski definition) is 6. The highest BCUT2D eigenvalue weighted by Crippen LogP contribution is 2.33. The van der Waals surface area contributed by atoms with Crippen molar-refractivity contribution >= 4 is 27.3 Å². The van der Waals surface area contributed by atoms with Gasteiger partial charge in [-0.1, -0.05) is 54.6 Å². The summed E-state index contributed by atoms with van der Waals surface area (Å²) in [6.07, 6.45) is 0.346. The molecule has 0 atom stereocenters. The smallest absolute Gasteiger partial charge is 0.253 e. The maximum atomic E-state index is 13.7. The lowest BCUT2D eigenvalue weighted by molar-refractivity contribution is -0.121. The van der Waals surface area contributed by atoms with Crippen LogP contribution in [0.2, 0.25) is 0 Å². The van der Waals surface area contributed by atoms with E-state index in [2.05, 4.69) is 5.32 Å². The number of benzene rings is 3. The molecule has 1 aromatic heterocycles. The van der Waals surface area contributed by atoms with Crippen molar-refractivity contribution in [2.45, 2.75) is 23.7 Å². The molecule has 204 valence electrons. The Morgan fingerprint density at radius 1 is 1.00 bits per heavy atom. The molecule has 7 nitrogen and oxygen atoms in total. The maximum absolute atomic E-state index is 13.7. The van der Waals surface area contributed by atoms with Gasteiger partial charge >= 0.3 is 0 Å². The second-order valence-corrected chi connectivity index (χ2v) is 12.1. The summed E-state index contributed by atoms with van der Waals surface area (Å²) in [5, 5.41) is 2.81. The number of nitrogens with one attached hydrogen (secondary N) is 1. The lowest BCUT2D eigenvalue weighted by Crippen LogP contribution is -2.41. The van der Waals surface area contributed by atoms with Crippen LogP contribution in [0.25, 0.3) is 10.4 Å². The van der Waals surface area contributed by atoms with Crippen LogP contribution in [-0.2, 0) is 34.3 Å². The number of methoxy groups -OCH3 is 1. The average Bonchev–Trinajstić information content (AvgIpc) is 3.46. The summed E-state index contributed by atoms with van der Waals surface area (Å²) in [6, 6.07) is 24.0. The van der Waals surface area contributed by atoms with E-state index in [1.54, 1.807) is 31.4 Å². The van der Waals surface area contributed by atoms with E-state index in [0.717, 1.165) is 28.0 Å². The number of ether oxygens (including phenoxy) is 1. The highest BCUT2D eigenvalue weighted by molar-refractivity contribution is 7.91. The predicted octanol–water partition coefficient (Wildman–Crippen LogP) is 4.57. The van der Waals surface area contributed by atoms with Gasteiger partial charge in [0.1, 0.15) is 15.8 Å². The van der Waals surface area contributed by atoms with Crippen molar-refractivity contribution in [3.63, 3.8) is 0 Å². The summed E-state index contributed by atoms with van der Waals surface area (Å²) in [6.45, 7) is 0.391. The highest BCUT2D eigenvalue weighted by atomic mass is 32.2. The zero-order valence-corrected chi connectivity index (χ0v) is 23.1. The van der Waals surface area contributed by atoms with E-state index in [9.17, 15) is 17.6 Å². The van der Waals surface area contributed by atoms with Gasteiger partial charge in [-0.3, -0.25) is 4.79 Å². The number of thiophene rings is 1. The van der Waals surface area contributed by atoms with Crippen molar-refractivity contribution in [2.75, 3.05) is 20.2 Å². The third-order valence-corrected chi connectivity index (χ3v) is 9.62. The van der Waals surface area contributed by atoms with Gasteiger partial charge in [0.05, 0.1) is 13.7 Å². The van der Waals surface area contributed by atoms with Crippen LogP contribution in [0.15, 0.2) is 89.1 Å². The molecule has 0 bridgehead atoms. The van der Waals surface area contributed by atoms with Gasteiger partial charge in [0.2, 0.25) is 5.91 Å². The normalized spacial score (nSPS) is 11.5. The van der Waals surface area contributed by atoms with Gasteiger partial charge < -0.3 is 15.8 Å². The van der Waals surface area contributed by atoms with Crippen LogP contribution < -0.4 is 15.8 Å². The predicted molar refractivity (Wildman–Crippen MR) is 151 cm³/mol. The zero-order valence-electron chi connectivity index (χ0n) is 21.5. The summed E-state index contributed by atoms with van der Waals surface area (Å²) in [5.74, 6) is -0.189. The number of sulfonamides is 1. The number of amides is 1. The van der Waals surface area contributed by atoms with E-state index >= 15 is 0 Å². The number of para-hydroxylation sites is 1. The van der Waals surface area contributed by atoms with E-state index in [1.807, 2.05) is 42.5 Å². The van der Waals surface area contributed by atoms with Gasteiger partial charge in [0, 0.05) is 24.5 Å². The molecule has 1 heterocycles. The monoisotopic (exact) mass is 567 g/mol. The standard InChI is InChI=1S/C29H30FN3O4S2/c1-37-26-8-3-2-5-23(26)15-16-33(20-28(34)32-19-22-11-9-21(18-31)10-12-22)39(35,36)29-14-13-27(38-29)24-6-4-7-25(30)17-24/h2-14,17H,15-16,18-20,31H2,1H3,(H,32,34). The number of nitrogens with two attached hydrogens (primary N) is 1. The molecule has 10 heteroatoms. The first-order valence-corrected chi connectivity index (χ1v) is 14.6. The Morgan fingerprint density at radius 3 is 2.46 bits per heavy atom. The van der Waals surface area contributed by atoms with E-state index < -0.39 is 21.7 Å². The molecule has 0 radical (unpaired) electrons. The first-order valence-electron chi connectivity index (χ1n) is 12.3. The van der Waals surface area contributed by atoms with Gasteiger partial charge in [0.15, 0.2) is 0 Å². The second kappa shape index (κ2) is 13.0. The van der Waals surface area contributed by atoms with Gasteiger partial charge in [-0.2, -0.15) is 4.31 Å². The summed E-state index contributed by atoms with van der Waals surface area (Å²) in [7, 11) is -2.48. The van der Waals surface area contributed by atoms with Crippen molar-refractivity contribution in [3.05, 3.63) is 107 Å². The minimum atomic E-state index is -4.03. The summed E-state index contributed by atoms with van der Waals surface area (Å²) in [4.78, 5) is 13.5. The third kappa shape index (κ3) is 7.30. The molecule has 0 fully saturated rings. The molecule has 3 aromatic carbocycles. The molecule has 0 saturated heterocycles. The fraction of sp³-hybridized carbons (Fsp3) is 0.207. The van der Waals surface area contributed by atoms with Gasteiger partial charge in [-0.05, 0) is 59.0 Å². The fourth-order valence-electron chi connectivity index (χ4n) is 4.03. The molecule has 3 N–H and O–H groups in total. The van der Waals surface area contributed by atoms with Crippen molar-refractivity contribution in [3.8, 4) is 16.2 Å². The first-order chi connectivity index (χ1) is 18.8. The molecule has 0 spiro atoms. The van der Waals surface area contributed by atoms with E-state index in [4.69, 9.17) is 10.5 Å². The van der Waals surface area contributed by atoms with Gasteiger partial charge in [-0.25, -0.2) is 12.8 Å².